The summed E-state index contributed by atoms with van der Waals surface area (Å²) in [6, 6.07) is 10.4. The van der Waals surface area contributed by atoms with E-state index in [1.807, 2.05) is 27.7 Å². The first-order valence-electron chi connectivity index (χ1n) is 14.4. The van der Waals surface area contributed by atoms with Crippen LogP contribution in [0.25, 0.3) is 17.5 Å². The predicted octanol–water partition coefficient (Wildman–Crippen LogP) is 3.14. The highest BCUT2D eigenvalue weighted by molar-refractivity contribution is 7.07. The normalized spacial score (nSPS) is 14.8. The van der Waals surface area contributed by atoms with Crippen molar-refractivity contribution in [2.75, 3.05) is 27.9 Å². The van der Waals surface area contributed by atoms with E-state index in [1.165, 1.54) is 21.3 Å². The van der Waals surface area contributed by atoms with Crippen molar-refractivity contribution >= 4 is 40.7 Å². The highest BCUT2D eigenvalue weighted by atomic mass is 32.1. The Balaban J connectivity index is 2.04. The molecule has 0 radical (unpaired) electrons. The molecule has 0 saturated heterocycles. The van der Waals surface area contributed by atoms with Crippen LogP contribution in [0.2, 0.25) is 0 Å². The lowest BCUT2D eigenvalue weighted by molar-refractivity contribution is -0.136. The Kier molecular flexibility index (Phi) is 10.3. The first-order chi connectivity index (χ1) is 21.4. The van der Waals surface area contributed by atoms with Crippen LogP contribution < -0.4 is 39.4 Å². The van der Waals surface area contributed by atoms with Gasteiger partial charge in [0, 0.05) is 0 Å². The molecule has 1 aliphatic rings. The number of esters is 2. The second-order valence-electron chi connectivity index (χ2n) is 10.6. The maximum Gasteiger partial charge on any atom is 0.338 e. The van der Waals surface area contributed by atoms with Gasteiger partial charge in [-0.3, -0.25) is 9.36 Å². The average Bonchev–Trinajstić information content (AvgIpc) is 3.32. The van der Waals surface area contributed by atoms with Crippen molar-refractivity contribution in [2.24, 2.45) is 5.73 Å². The fourth-order valence-electron chi connectivity index (χ4n) is 4.99. The topological polar surface area (TPSA) is 138 Å². The van der Waals surface area contributed by atoms with Crippen LogP contribution in [0.5, 0.6) is 23.0 Å². The minimum atomic E-state index is -1.04. The molecule has 45 heavy (non-hydrogen) atoms. The lowest BCUT2D eigenvalue weighted by atomic mass is 9.83. The van der Waals surface area contributed by atoms with Gasteiger partial charge in [-0.05, 0) is 76.1 Å². The van der Waals surface area contributed by atoms with E-state index in [0.29, 0.717) is 34.1 Å². The third-order valence-electron chi connectivity index (χ3n) is 6.78. The molecule has 0 amide bonds. The van der Waals surface area contributed by atoms with Gasteiger partial charge in [0.1, 0.15) is 10.5 Å². The minimum Gasteiger partial charge on any atom is -0.493 e. The summed E-state index contributed by atoms with van der Waals surface area (Å²) in [5.74, 6) is -0.809. The van der Waals surface area contributed by atoms with Gasteiger partial charge in [0.05, 0.1) is 61.7 Å². The number of methoxy groups -OCH3 is 3. The molecule has 1 aliphatic heterocycles. The number of nitrogens with zero attached hydrogens (tertiary/aromatic N) is 1. The summed E-state index contributed by atoms with van der Waals surface area (Å²) in [5, 5.41) is 0. The van der Waals surface area contributed by atoms with E-state index in [0.717, 1.165) is 15.9 Å². The molecule has 240 valence electrons. The molecule has 2 aromatic carbocycles. The molecular weight excluding hydrogens is 600 g/mol. The summed E-state index contributed by atoms with van der Waals surface area (Å²) in [6.45, 7) is 9.32. The summed E-state index contributed by atoms with van der Waals surface area (Å²) >= 11 is 1.06. The summed E-state index contributed by atoms with van der Waals surface area (Å²) < 4.78 is 35.0. The van der Waals surface area contributed by atoms with Crippen molar-refractivity contribution in [1.29, 1.82) is 0 Å². The largest absolute Gasteiger partial charge is 0.493 e. The zero-order valence-corrected chi connectivity index (χ0v) is 27.4. The number of aromatic nitrogens is 1. The van der Waals surface area contributed by atoms with Crippen molar-refractivity contribution in [2.45, 2.75) is 52.7 Å². The van der Waals surface area contributed by atoms with Crippen LogP contribution in [0, 0.1) is 0 Å². The Morgan fingerprint density at radius 1 is 0.889 bits per heavy atom. The fraction of sp³-hybridized carbons (Fsp3) is 0.364. The Bertz CT molecular complexity index is 1820. The molecule has 11 nitrogen and oxygen atoms in total. The summed E-state index contributed by atoms with van der Waals surface area (Å²) in [5.41, 5.74) is 7.18. The van der Waals surface area contributed by atoms with Crippen molar-refractivity contribution < 1.29 is 38.0 Å². The number of fused-ring (bicyclic) bond motifs is 1. The monoisotopic (exact) mass is 638 g/mol. The lowest BCUT2D eigenvalue weighted by Crippen LogP contribution is -2.41. The van der Waals surface area contributed by atoms with Crippen molar-refractivity contribution in [3.8, 4) is 23.0 Å². The van der Waals surface area contributed by atoms with Crippen LogP contribution in [0.1, 0.15) is 51.7 Å². The molecule has 0 bridgehead atoms. The highest BCUT2D eigenvalue weighted by Gasteiger charge is 2.40. The maximum absolute atomic E-state index is 13.9. The smallest absolute Gasteiger partial charge is 0.338 e. The van der Waals surface area contributed by atoms with Crippen molar-refractivity contribution in [1.82, 2.24) is 4.57 Å². The van der Waals surface area contributed by atoms with Gasteiger partial charge in [0.25, 0.3) is 5.56 Å². The molecular formula is C33H38N2O9S. The number of nitrogens with two attached hydrogens (primary N) is 1. The molecule has 2 heterocycles. The molecule has 3 aromatic rings. The van der Waals surface area contributed by atoms with Crippen LogP contribution in [-0.2, 0) is 19.1 Å². The van der Waals surface area contributed by atoms with E-state index < -0.39 is 23.4 Å². The Labute approximate surface area is 265 Å². The number of ether oxygens (including phenoxy) is 6. The molecule has 0 saturated carbocycles. The van der Waals surface area contributed by atoms with E-state index in [9.17, 15) is 14.4 Å². The fourth-order valence-corrected chi connectivity index (χ4v) is 6.15. The maximum atomic E-state index is 13.9. The van der Waals surface area contributed by atoms with Gasteiger partial charge in [-0.15, -0.1) is 11.3 Å². The number of hydrogen-bond donors (Lipinski definition) is 1. The predicted molar refractivity (Wildman–Crippen MR) is 171 cm³/mol. The third kappa shape index (κ3) is 6.70. The molecule has 12 heteroatoms. The van der Waals surface area contributed by atoms with Crippen LogP contribution in [0.3, 0.4) is 0 Å². The lowest BCUT2D eigenvalue weighted by Gasteiger charge is -2.27. The van der Waals surface area contributed by atoms with Crippen LogP contribution in [-0.4, -0.2) is 56.6 Å². The number of benzene rings is 2. The summed E-state index contributed by atoms with van der Waals surface area (Å²) in [4.78, 5) is 40.9. The molecule has 1 atom stereocenters. The number of hydrogen-bond acceptors (Lipinski definition) is 11. The Hall–Kier alpha value is -4.71. The van der Waals surface area contributed by atoms with Crippen molar-refractivity contribution in [3.05, 3.63) is 72.6 Å². The van der Waals surface area contributed by atoms with Gasteiger partial charge in [0.2, 0.25) is 0 Å². The van der Waals surface area contributed by atoms with Crippen molar-refractivity contribution in [3.63, 3.8) is 0 Å². The molecule has 2 N–H and O–H groups in total. The molecule has 0 fully saturated rings. The first-order valence-corrected chi connectivity index (χ1v) is 15.2. The minimum absolute atomic E-state index is 0.0610. The van der Waals surface area contributed by atoms with Gasteiger partial charge < -0.3 is 34.2 Å². The average molecular weight is 639 g/mol. The molecule has 0 spiro atoms. The van der Waals surface area contributed by atoms with Gasteiger partial charge in [-0.2, -0.15) is 0 Å². The molecule has 1 aromatic heterocycles. The number of carbonyl (C=O) groups excluding carboxylic acids is 2. The first kappa shape index (κ1) is 33.2. The van der Waals surface area contributed by atoms with Gasteiger partial charge in [0.15, 0.2) is 23.0 Å². The second kappa shape index (κ2) is 13.9. The SMILES string of the molecule is CCOC(=O)C1=c2s/c(=C\c3ccc(OC(C)C)c(OC)c3)c(=O)n2C(N)=C(C(=O)OC)C1c1ccc(OC(C)C)c(OC)c1. The highest BCUT2D eigenvalue weighted by Crippen LogP contribution is 2.41. The third-order valence-corrected chi connectivity index (χ3v) is 7.89. The zero-order valence-electron chi connectivity index (χ0n) is 26.6. The molecule has 1 unspecified atom stereocenters. The number of thiazole rings is 1. The standard InChI is InChI=1S/C33H38N2O9S/c1-9-42-33(38)28-26(20-11-13-22(44-18(4)5)24(16-20)40-7)27(32(37)41-8)29(34)35-30(36)25(45-31(28)35)15-19-10-12-21(43-17(2)3)23(14-19)39-6/h10-18,26H,9,34H2,1-8H3/b25-15-. The van der Waals surface area contributed by atoms with E-state index in [-0.39, 0.29) is 45.0 Å². The van der Waals surface area contributed by atoms with Gasteiger partial charge in [-0.25, -0.2) is 9.59 Å². The van der Waals surface area contributed by atoms with E-state index in [4.69, 9.17) is 34.2 Å². The summed E-state index contributed by atoms with van der Waals surface area (Å²) in [6.07, 6.45) is 1.46. The number of carbonyl (C=O) groups is 2. The molecule has 4 rings (SSSR count). The molecule has 0 aliphatic carbocycles. The van der Waals surface area contributed by atoms with E-state index in [2.05, 4.69) is 0 Å². The van der Waals surface area contributed by atoms with Crippen LogP contribution >= 0.6 is 11.3 Å². The van der Waals surface area contributed by atoms with Gasteiger partial charge in [-0.1, -0.05) is 12.1 Å². The van der Waals surface area contributed by atoms with E-state index in [1.54, 1.807) is 49.4 Å². The van der Waals surface area contributed by atoms with Gasteiger partial charge >= 0.3 is 11.9 Å². The van der Waals surface area contributed by atoms with Crippen LogP contribution in [0.15, 0.2) is 46.8 Å². The Morgan fingerprint density at radius 3 is 2.04 bits per heavy atom. The second-order valence-corrected chi connectivity index (χ2v) is 11.6. The van der Waals surface area contributed by atoms with Crippen LogP contribution in [0.4, 0.5) is 0 Å². The van der Waals surface area contributed by atoms with E-state index >= 15 is 0 Å². The quantitative estimate of drug-likeness (QED) is 0.312. The number of rotatable bonds is 11. The summed E-state index contributed by atoms with van der Waals surface area (Å²) in [7, 11) is 4.22. The zero-order chi connectivity index (χ0) is 33.0. The Morgan fingerprint density at radius 2 is 1.49 bits per heavy atom.